The summed E-state index contributed by atoms with van der Waals surface area (Å²) in [4.78, 5) is 27.8. The van der Waals surface area contributed by atoms with Crippen LogP contribution in [-0.4, -0.2) is 73.6 Å². The summed E-state index contributed by atoms with van der Waals surface area (Å²) in [6, 6.07) is 0.131. The van der Waals surface area contributed by atoms with E-state index in [9.17, 15) is 9.59 Å². The normalized spacial score (nSPS) is 22.9. The molecule has 1 unspecified atom stereocenters. The number of halogens is 1. The van der Waals surface area contributed by atoms with Crippen molar-refractivity contribution in [2.24, 2.45) is 5.92 Å². The van der Waals surface area contributed by atoms with Crippen LogP contribution in [0.3, 0.4) is 0 Å². The van der Waals surface area contributed by atoms with Crippen LogP contribution in [0, 0.1) is 5.92 Å². The van der Waals surface area contributed by atoms with E-state index in [2.05, 4.69) is 5.32 Å². The maximum absolute atomic E-state index is 12.2. The molecule has 2 heterocycles. The van der Waals surface area contributed by atoms with Crippen LogP contribution in [0.25, 0.3) is 0 Å². The molecule has 21 heavy (non-hydrogen) atoms. The van der Waals surface area contributed by atoms with Crippen molar-refractivity contribution >= 4 is 24.2 Å². The Kier molecular flexibility index (Phi) is 7.42. The van der Waals surface area contributed by atoms with Gasteiger partial charge in [0.25, 0.3) is 0 Å². The Bertz CT molecular complexity index is 351. The monoisotopic (exact) mass is 319 g/mol. The summed E-state index contributed by atoms with van der Waals surface area (Å²) in [6.45, 7) is 8.56. The minimum atomic E-state index is 0. The average Bonchev–Trinajstić information content (AvgIpc) is 2.47. The number of carbonyl (C=O) groups excluding carboxylic acids is 2. The van der Waals surface area contributed by atoms with Gasteiger partial charge in [0.05, 0.1) is 13.2 Å². The van der Waals surface area contributed by atoms with Crippen LogP contribution in [0.5, 0.6) is 0 Å². The number of nitrogens with zero attached hydrogens (tertiary/aromatic N) is 2. The molecule has 122 valence electrons. The van der Waals surface area contributed by atoms with Gasteiger partial charge in [-0.2, -0.15) is 0 Å². The fourth-order valence-corrected chi connectivity index (χ4v) is 2.63. The lowest BCUT2D eigenvalue weighted by atomic mass is 10.1. The summed E-state index contributed by atoms with van der Waals surface area (Å²) in [6.07, 6.45) is 0.484. The quantitative estimate of drug-likeness (QED) is 0.802. The van der Waals surface area contributed by atoms with Crippen LogP contribution in [0.1, 0.15) is 20.3 Å². The number of hydrogen-bond donors (Lipinski definition) is 1. The van der Waals surface area contributed by atoms with Gasteiger partial charge in [0.1, 0.15) is 0 Å². The Balaban J connectivity index is 0.00000220. The summed E-state index contributed by atoms with van der Waals surface area (Å²) < 4.78 is 5.36. The minimum absolute atomic E-state index is 0. The Hall–Kier alpha value is -0.850. The molecule has 2 aliphatic heterocycles. The highest BCUT2D eigenvalue weighted by Crippen LogP contribution is 2.09. The molecular formula is C14H26ClN3O3. The zero-order chi connectivity index (χ0) is 14.5. The van der Waals surface area contributed by atoms with Gasteiger partial charge in [-0.15, -0.1) is 12.4 Å². The maximum Gasteiger partial charge on any atom is 0.225 e. The Morgan fingerprint density at radius 2 is 1.81 bits per heavy atom. The molecule has 0 aromatic rings. The van der Waals surface area contributed by atoms with E-state index in [4.69, 9.17) is 4.74 Å². The standard InChI is InChI=1S/C14H25N3O3.ClH/c1-11(2)14(19)17-6-4-16(5-7-17)13(18)9-12-10-20-8-3-15-12;/h11-12,15H,3-10H2,1-2H3;1H. The summed E-state index contributed by atoms with van der Waals surface area (Å²) in [5, 5.41) is 3.29. The molecule has 0 radical (unpaired) electrons. The van der Waals surface area contributed by atoms with E-state index >= 15 is 0 Å². The number of rotatable bonds is 3. The highest BCUT2D eigenvalue weighted by atomic mass is 35.5. The first kappa shape index (κ1) is 18.2. The van der Waals surface area contributed by atoms with E-state index < -0.39 is 0 Å². The number of piperazine rings is 1. The Morgan fingerprint density at radius 1 is 1.19 bits per heavy atom. The molecule has 7 heteroatoms. The fourth-order valence-electron chi connectivity index (χ4n) is 2.63. The minimum Gasteiger partial charge on any atom is -0.378 e. The molecule has 0 bridgehead atoms. The zero-order valence-corrected chi connectivity index (χ0v) is 13.7. The van der Waals surface area contributed by atoms with Crippen molar-refractivity contribution in [3.63, 3.8) is 0 Å². The lowest BCUT2D eigenvalue weighted by Gasteiger charge is -2.36. The molecule has 0 spiro atoms. The molecule has 2 fully saturated rings. The van der Waals surface area contributed by atoms with Gasteiger partial charge in [-0.25, -0.2) is 0 Å². The fraction of sp³-hybridized carbons (Fsp3) is 0.857. The molecule has 6 nitrogen and oxygen atoms in total. The highest BCUT2D eigenvalue weighted by molar-refractivity contribution is 5.85. The molecule has 2 rings (SSSR count). The van der Waals surface area contributed by atoms with Crippen LogP contribution in [0.4, 0.5) is 0 Å². The second kappa shape index (κ2) is 8.56. The number of hydrogen-bond acceptors (Lipinski definition) is 4. The van der Waals surface area contributed by atoms with Gasteiger partial charge >= 0.3 is 0 Å². The molecule has 0 aromatic carbocycles. The van der Waals surface area contributed by atoms with Crippen molar-refractivity contribution in [3.8, 4) is 0 Å². The van der Waals surface area contributed by atoms with Crippen molar-refractivity contribution in [3.05, 3.63) is 0 Å². The summed E-state index contributed by atoms with van der Waals surface area (Å²) in [7, 11) is 0. The summed E-state index contributed by atoms with van der Waals surface area (Å²) in [5.74, 6) is 0.366. The largest absolute Gasteiger partial charge is 0.378 e. The van der Waals surface area contributed by atoms with Gasteiger partial charge in [-0.1, -0.05) is 13.8 Å². The van der Waals surface area contributed by atoms with E-state index in [1.54, 1.807) is 0 Å². The third kappa shape index (κ3) is 5.13. The van der Waals surface area contributed by atoms with E-state index in [0.29, 0.717) is 39.2 Å². The second-order valence-electron chi connectivity index (χ2n) is 5.79. The van der Waals surface area contributed by atoms with Crippen molar-refractivity contribution in [2.75, 3.05) is 45.9 Å². The number of ether oxygens (including phenoxy) is 1. The predicted molar refractivity (Wildman–Crippen MR) is 82.5 cm³/mol. The Morgan fingerprint density at radius 3 is 2.33 bits per heavy atom. The van der Waals surface area contributed by atoms with E-state index in [0.717, 1.165) is 13.2 Å². The van der Waals surface area contributed by atoms with Crippen LogP contribution in [0.2, 0.25) is 0 Å². The molecule has 1 atom stereocenters. The third-order valence-electron chi connectivity index (χ3n) is 3.86. The third-order valence-corrected chi connectivity index (χ3v) is 3.86. The molecule has 0 aliphatic carbocycles. The molecular weight excluding hydrogens is 294 g/mol. The first-order valence-corrected chi connectivity index (χ1v) is 7.45. The first-order valence-electron chi connectivity index (χ1n) is 7.45. The van der Waals surface area contributed by atoms with Crippen LogP contribution in [0.15, 0.2) is 0 Å². The van der Waals surface area contributed by atoms with Crippen molar-refractivity contribution in [1.29, 1.82) is 0 Å². The van der Waals surface area contributed by atoms with E-state index in [1.165, 1.54) is 0 Å². The molecule has 0 aromatic heterocycles. The van der Waals surface area contributed by atoms with Crippen molar-refractivity contribution in [1.82, 2.24) is 15.1 Å². The number of nitrogens with one attached hydrogen (secondary N) is 1. The van der Waals surface area contributed by atoms with Gasteiger partial charge in [0.2, 0.25) is 11.8 Å². The first-order chi connectivity index (χ1) is 9.58. The molecule has 2 amide bonds. The zero-order valence-electron chi connectivity index (χ0n) is 12.8. The lowest BCUT2D eigenvalue weighted by molar-refractivity contribution is -0.142. The molecule has 2 saturated heterocycles. The Labute approximate surface area is 132 Å². The number of carbonyl (C=O) groups is 2. The molecule has 2 aliphatic rings. The van der Waals surface area contributed by atoms with Gasteiger partial charge in [0, 0.05) is 51.1 Å². The van der Waals surface area contributed by atoms with E-state index in [-0.39, 0.29) is 36.2 Å². The van der Waals surface area contributed by atoms with Gasteiger partial charge in [-0.3, -0.25) is 9.59 Å². The average molecular weight is 320 g/mol. The molecule has 0 saturated carbocycles. The van der Waals surface area contributed by atoms with E-state index in [1.807, 2.05) is 23.6 Å². The number of amides is 2. The molecule has 1 N–H and O–H groups in total. The highest BCUT2D eigenvalue weighted by Gasteiger charge is 2.27. The van der Waals surface area contributed by atoms with Gasteiger partial charge in [-0.05, 0) is 0 Å². The van der Waals surface area contributed by atoms with Gasteiger partial charge < -0.3 is 19.9 Å². The second-order valence-corrected chi connectivity index (χ2v) is 5.79. The van der Waals surface area contributed by atoms with Crippen LogP contribution in [-0.2, 0) is 14.3 Å². The van der Waals surface area contributed by atoms with Crippen LogP contribution < -0.4 is 5.32 Å². The SMILES string of the molecule is CC(C)C(=O)N1CCN(C(=O)CC2COCCN2)CC1.Cl. The maximum atomic E-state index is 12.2. The smallest absolute Gasteiger partial charge is 0.225 e. The topological polar surface area (TPSA) is 61.9 Å². The lowest BCUT2D eigenvalue weighted by Crippen LogP contribution is -2.53. The summed E-state index contributed by atoms with van der Waals surface area (Å²) >= 11 is 0. The number of morpholine rings is 1. The van der Waals surface area contributed by atoms with Gasteiger partial charge in [0.15, 0.2) is 0 Å². The summed E-state index contributed by atoms with van der Waals surface area (Å²) in [5.41, 5.74) is 0. The van der Waals surface area contributed by atoms with Crippen molar-refractivity contribution in [2.45, 2.75) is 26.3 Å². The van der Waals surface area contributed by atoms with Crippen LogP contribution >= 0.6 is 12.4 Å². The predicted octanol–water partition coefficient (Wildman–Crippen LogP) is 0.114. The van der Waals surface area contributed by atoms with Crippen molar-refractivity contribution < 1.29 is 14.3 Å².